The van der Waals surface area contributed by atoms with Crippen LogP contribution in [0.5, 0.6) is 5.75 Å². The molecule has 9 heteroatoms. The number of benzene rings is 1. The van der Waals surface area contributed by atoms with Crippen LogP contribution in [-0.4, -0.2) is 57.7 Å². The minimum atomic E-state index is -1.62. The van der Waals surface area contributed by atoms with Crippen molar-refractivity contribution in [3.8, 4) is 5.75 Å². The van der Waals surface area contributed by atoms with Gasteiger partial charge in [-0.05, 0) is 31.0 Å². The van der Waals surface area contributed by atoms with E-state index in [1.165, 1.54) is 12.3 Å². The quantitative estimate of drug-likeness (QED) is 0.464. The van der Waals surface area contributed by atoms with E-state index in [0.717, 1.165) is 5.56 Å². The molecule has 0 amide bonds. The second kappa shape index (κ2) is 6.87. The third kappa shape index (κ3) is 2.88. The molecule has 0 bridgehead atoms. The van der Waals surface area contributed by atoms with Gasteiger partial charge in [0.1, 0.15) is 24.4 Å². The summed E-state index contributed by atoms with van der Waals surface area (Å²) < 4.78 is 22.1. The molecule has 4 rings (SSSR count). The van der Waals surface area contributed by atoms with Crippen molar-refractivity contribution in [3.63, 3.8) is 0 Å². The number of furan rings is 1. The highest BCUT2D eigenvalue weighted by Crippen LogP contribution is 2.39. The monoisotopic (exact) mass is 392 g/mol. The summed E-state index contributed by atoms with van der Waals surface area (Å²) in [6.45, 7) is 2.99. The zero-order valence-electron chi connectivity index (χ0n) is 15.2. The molecular weight excluding hydrogens is 372 g/mol. The van der Waals surface area contributed by atoms with Gasteiger partial charge >= 0.3 is 5.63 Å². The molecule has 28 heavy (non-hydrogen) atoms. The van der Waals surface area contributed by atoms with E-state index in [9.17, 15) is 25.2 Å². The fraction of sp³-hybridized carbons (Fsp3) is 0.421. The molecule has 1 fully saturated rings. The summed E-state index contributed by atoms with van der Waals surface area (Å²) in [4.78, 5) is 11.9. The number of aryl methyl sites for hydroxylation is 2. The molecule has 0 spiro atoms. The first-order valence-electron chi connectivity index (χ1n) is 8.74. The average molecular weight is 392 g/mol. The van der Waals surface area contributed by atoms with E-state index in [1.54, 1.807) is 6.92 Å². The normalized spacial score (nSPS) is 28.1. The van der Waals surface area contributed by atoms with Crippen molar-refractivity contribution < 1.29 is 38.7 Å². The van der Waals surface area contributed by atoms with Crippen LogP contribution < -0.4 is 10.4 Å². The smallest absolute Gasteiger partial charge is 0.336 e. The summed E-state index contributed by atoms with van der Waals surface area (Å²) in [5, 5.41) is 40.9. The van der Waals surface area contributed by atoms with Crippen LogP contribution >= 0.6 is 0 Å². The highest BCUT2D eigenvalue weighted by Gasteiger charge is 2.45. The molecule has 0 radical (unpaired) electrons. The van der Waals surface area contributed by atoms with Gasteiger partial charge in [0.2, 0.25) is 12.0 Å². The molecular formula is C19H20O9. The summed E-state index contributed by atoms with van der Waals surface area (Å²) in [6, 6.07) is 3.16. The van der Waals surface area contributed by atoms with Crippen molar-refractivity contribution in [1.29, 1.82) is 0 Å². The molecule has 0 unspecified atom stereocenters. The second-order valence-corrected chi connectivity index (χ2v) is 6.94. The summed E-state index contributed by atoms with van der Waals surface area (Å²) >= 11 is 0. The van der Waals surface area contributed by atoms with Gasteiger partial charge in [0.15, 0.2) is 11.2 Å². The van der Waals surface area contributed by atoms with Gasteiger partial charge in [-0.25, -0.2) is 4.79 Å². The van der Waals surface area contributed by atoms with Crippen molar-refractivity contribution in [2.24, 2.45) is 0 Å². The largest absolute Gasteiger partial charge is 0.460 e. The van der Waals surface area contributed by atoms with Crippen LogP contribution in [0.15, 0.2) is 32.0 Å². The molecule has 1 aliphatic rings. The molecule has 1 saturated heterocycles. The molecule has 5 atom stereocenters. The summed E-state index contributed by atoms with van der Waals surface area (Å²) in [5.41, 5.74) is 1.26. The van der Waals surface area contributed by atoms with Gasteiger partial charge in [-0.15, -0.1) is 0 Å². The van der Waals surface area contributed by atoms with Crippen LogP contribution in [-0.2, 0) is 4.74 Å². The molecule has 9 nitrogen and oxygen atoms in total. The van der Waals surface area contributed by atoms with Gasteiger partial charge in [-0.1, -0.05) is 0 Å². The van der Waals surface area contributed by atoms with Gasteiger partial charge < -0.3 is 38.7 Å². The van der Waals surface area contributed by atoms with Gasteiger partial charge in [-0.2, -0.15) is 0 Å². The summed E-state index contributed by atoms with van der Waals surface area (Å²) in [6.07, 6.45) is -5.80. The Labute approximate surface area is 158 Å². The third-order valence-corrected chi connectivity index (χ3v) is 5.01. The van der Waals surface area contributed by atoms with Crippen molar-refractivity contribution in [2.75, 3.05) is 6.61 Å². The Kier molecular flexibility index (Phi) is 4.64. The minimum absolute atomic E-state index is 0.0192. The standard InChI is InChI=1S/C19H20O9/c1-7-3-12(21)27-17-9(7)4-10-8(2)6-25-16(10)18(17)28-19-15(24)14(23)13(22)11(5-20)26-19/h3-4,6,11,13-15,19-20,22-24H,5H2,1-2H3/t11-,13-,14+,15-,19-/m1/s1. The molecule has 150 valence electrons. The first-order chi connectivity index (χ1) is 13.3. The van der Waals surface area contributed by atoms with Gasteiger partial charge in [0, 0.05) is 16.8 Å². The van der Waals surface area contributed by atoms with Crippen LogP contribution in [0.2, 0.25) is 0 Å². The Morgan fingerprint density at radius 3 is 2.43 bits per heavy atom. The zero-order valence-corrected chi connectivity index (χ0v) is 15.2. The first-order valence-corrected chi connectivity index (χ1v) is 8.74. The van der Waals surface area contributed by atoms with Crippen LogP contribution in [0.3, 0.4) is 0 Å². The number of ether oxygens (including phenoxy) is 2. The molecule has 0 saturated carbocycles. The van der Waals surface area contributed by atoms with E-state index in [4.69, 9.17) is 18.3 Å². The number of rotatable bonds is 3. The minimum Gasteiger partial charge on any atom is -0.460 e. The van der Waals surface area contributed by atoms with Gasteiger partial charge in [0.05, 0.1) is 12.9 Å². The number of aliphatic hydroxyl groups excluding tert-OH is 4. The lowest BCUT2D eigenvalue weighted by atomic mass is 9.99. The van der Waals surface area contributed by atoms with E-state index in [2.05, 4.69) is 0 Å². The number of hydrogen-bond donors (Lipinski definition) is 4. The molecule has 1 aromatic carbocycles. The van der Waals surface area contributed by atoms with E-state index in [-0.39, 0.29) is 16.9 Å². The van der Waals surface area contributed by atoms with E-state index >= 15 is 0 Å². The van der Waals surface area contributed by atoms with E-state index in [0.29, 0.717) is 16.3 Å². The van der Waals surface area contributed by atoms with Crippen molar-refractivity contribution in [1.82, 2.24) is 0 Å². The summed E-state index contributed by atoms with van der Waals surface area (Å²) in [5.74, 6) is 0.0192. The topological polar surface area (TPSA) is 143 Å². The molecule has 1 aliphatic heterocycles. The lowest BCUT2D eigenvalue weighted by Gasteiger charge is -2.39. The number of aliphatic hydroxyl groups is 4. The highest BCUT2D eigenvalue weighted by atomic mass is 16.7. The maximum Gasteiger partial charge on any atom is 0.336 e. The molecule has 3 aromatic rings. The maximum atomic E-state index is 11.9. The Morgan fingerprint density at radius 2 is 1.71 bits per heavy atom. The SMILES string of the molecule is Cc1coc2c(O[C@H]3O[C@H](CO)[C@@H](O)[C@H](O)[C@H]3O)c3oc(=O)cc(C)c3cc12. The number of fused-ring (bicyclic) bond motifs is 2. The van der Waals surface area contributed by atoms with Crippen molar-refractivity contribution >= 4 is 21.9 Å². The highest BCUT2D eigenvalue weighted by molar-refractivity contribution is 6.02. The van der Waals surface area contributed by atoms with Crippen molar-refractivity contribution in [3.05, 3.63) is 39.9 Å². The predicted molar refractivity (Wildman–Crippen MR) is 96.1 cm³/mol. The fourth-order valence-corrected chi connectivity index (χ4v) is 3.41. The number of hydrogen-bond acceptors (Lipinski definition) is 9. The predicted octanol–water partition coefficient (Wildman–Crippen LogP) is 0.335. The molecule has 4 N–H and O–H groups in total. The first kappa shape index (κ1) is 18.9. The molecule has 3 heterocycles. The van der Waals surface area contributed by atoms with Crippen LogP contribution in [0.4, 0.5) is 0 Å². The molecule has 0 aliphatic carbocycles. The summed E-state index contributed by atoms with van der Waals surface area (Å²) in [7, 11) is 0. The van der Waals surface area contributed by atoms with Crippen LogP contribution in [0, 0.1) is 13.8 Å². The van der Waals surface area contributed by atoms with Crippen LogP contribution in [0.1, 0.15) is 11.1 Å². The Hall–Kier alpha value is -2.43. The molecule has 2 aromatic heterocycles. The third-order valence-electron chi connectivity index (χ3n) is 5.01. The van der Waals surface area contributed by atoms with Crippen LogP contribution in [0.25, 0.3) is 21.9 Å². The Balaban J connectivity index is 1.88. The van der Waals surface area contributed by atoms with Gasteiger partial charge in [-0.3, -0.25) is 0 Å². The lowest BCUT2D eigenvalue weighted by molar-refractivity contribution is -0.277. The zero-order chi connectivity index (χ0) is 20.2. The average Bonchev–Trinajstić information content (AvgIpc) is 3.03. The fourth-order valence-electron chi connectivity index (χ4n) is 3.41. The Bertz CT molecular complexity index is 1080. The van der Waals surface area contributed by atoms with E-state index < -0.39 is 42.9 Å². The van der Waals surface area contributed by atoms with Crippen molar-refractivity contribution in [2.45, 2.75) is 44.6 Å². The lowest BCUT2D eigenvalue weighted by Crippen LogP contribution is -2.60. The maximum absolute atomic E-state index is 11.9. The van der Waals surface area contributed by atoms with E-state index in [1.807, 2.05) is 13.0 Å². The van der Waals surface area contributed by atoms with Gasteiger partial charge in [0.25, 0.3) is 0 Å². The Morgan fingerprint density at radius 1 is 1.00 bits per heavy atom. The second-order valence-electron chi connectivity index (χ2n) is 6.94.